The average Bonchev–Trinajstić information content (AvgIpc) is 2.82. The number of ketones is 1. The minimum atomic E-state index is -4.78. The molecular weight excluding hydrogens is 498 g/mol. The van der Waals surface area contributed by atoms with Crippen LogP contribution in [0.1, 0.15) is 27.0 Å². The molecule has 0 saturated carbocycles. The largest absolute Gasteiger partial charge is 0.508 e. The Morgan fingerprint density at radius 2 is 1.68 bits per heavy atom. The molecule has 0 amide bonds. The van der Waals surface area contributed by atoms with Gasteiger partial charge in [0.1, 0.15) is 16.4 Å². The van der Waals surface area contributed by atoms with Crippen molar-refractivity contribution in [2.45, 2.75) is 13.8 Å². The number of carbonyl (C=O) groups is 1. The molecule has 12 heteroatoms. The van der Waals surface area contributed by atoms with E-state index in [9.17, 15) is 22.9 Å². The number of phenolic OH excluding ortho intramolecular Hbond substituents is 1. The molecule has 5 N–H and O–H groups in total. The Balaban J connectivity index is 1.69. The summed E-state index contributed by atoms with van der Waals surface area (Å²) in [4.78, 5) is 12.4. The summed E-state index contributed by atoms with van der Waals surface area (Å²) in [6.07, 6.45) is 1.14. The van der Waals surface area contributed by atoms with E-state index >= 15 is 0 Å². The summed E-state index contributed by atoms with van der Waals surface area (Å²) < 4.78 is 39.2. The highest BCUT2D eigenvalue weighted by Crippen LogP contribution is 2.35. The molecule has 0 spiro atoms. The summed E-state index contributed by atoms with van der Waals surface area (Å²) in [6.45, 7) is 3.56. The lowest BCUT2D eigenvalue weighted by Crippen LogP contribution is -2.27. The summed E-state index contributed by atoms with van der Waals surface area (Å²) in [5.74, 6) is -0.287. The molecule has 0 unspecified atom stereocenters. The van der Waals surface area contributed by atoms with Gasteiger partial charge >= 0.3 is 0 Å². The number of ether oxygens (including phenoxy) is 1. The molecular formula is C25H23N5O6S. The van der Waals surface area contributed by atoms with Gasteiger partial charge in [0.15, 0.2) is 5.71 Å². The number of fused-ring (bicyclic) bond motifs is 1. The van der Waals surface area contributed by atoms with Crippen molar-refractivity contribution in [1.82, 2.24) is 0 Å². The number of hydrogen-bond donors (Lipinski definition) is 4. The summed E-state index contributed by atoms with van der Waals surface area (Å²) in [5, 5.41) is 22.1. The number of nitrogens with one attached hydrogen (secondary N) is 1. The number of Topliss-reactive ketones (excluding diaryl/α,β-unsaturated/α-hetero) is 1. The van der Waals surface area contributed by atoms with Crippen LogP contribution in [0.3, 0.4) is 0 Å². The Bertz CT molecular complexity index is 1630. The first-order valence-corrected chi connectivity index (χ1v) is 12.3. The fraction of sp³-hybridized carbons (Fsp3) is 0.120. The molecule has 190 valence electrons. The molecule has 3 aromatic rings. The first-order chi connectivity index (χ1) is 17.5. The van der Waals surface area contributed by atoms with E-state index in [0.717, 1.165) is 11.6 Å². The third-order valence-corrected chi connectivity index (χ3v) is 6.45. The third-order valence-electron chi connectivity index (χ3n) is 5.59. The molecule has 11 nitrogen and oxygen atoms in total. The van der Waals surface area contributed by atoms with Crippen molar-refractivity contribution in [2.75, 3.05) is 18.3 Å². The van der Waals surface area contributed by atoms with Gasteiger partial charge in [-0.05, 0) is 79.1 Å². The van der Waals surface area contributed by atoms with Crippen LogP contribution in [0.2, 0.25) is 0 Å². The van der Waals surface area contributed by atoms with E-state index in [1.54, 1.807) is 38.1 Å². The molecule has 1 aliphatic carbocycles. The highest BCUT2D eigenvalue weighted by molar-refractivity contribution is 7.91. The van der Waals surface area contributed by atoms with Gasteiger partial charge in [0.2, 0.25) is 5.78 Å². The van der Waals surface area contributed by atoms with Gasteiger partial charge in [0, 0.05) is 17.3 Å². The number of nitrogen functional groups attached to an aromatic ring is 1. The van der Waals surface area contributed by atoms with Gasteiger partial charge in [-0.2, -0.15) is 23.7 Å². The predicted octanol–water partition coefficient (Wildman–Crippen LogP) is 4.91. The van der Waals surface area contributed by atoms with Crippen LogP contribution in [0.15, 0.2) is 68.8 Å². The molecule has 4 rings (SSSR count). The van der Waals surface area contributed by atoms with Crippen LogP contribution in [0.5, 0.6) is 11.5 Å². The summed E-state index contributed by atoms with van der Waals surface area (Å²) in [7, 11) is -3.36. The molecule has 0 heterocycles. The molecule has 37 heavy (non-hydrogen) atoms. The number of azo groups is 1. The van der Waals surface area contributed by atoms with Gasteiger partial charge in [0.25, 0.3) is 10.1 Å². The zero-order valence-corrected chi connectivity index (χ0v) is 20.9. The number of aromatic hydroxyl groups is 1. The van der Waals surface area contributed by atoms with E-state index in [0.29, 0.717) is 34.1 Å². The Morgan fingerprint density at radius 3 is 2.35 bits per heavy atom. The number of aryl methyl sites for hydroxylation is 2. The zero-order valence-electron chi connectivity index (χ0n) is 20.1. The second-order valence-electron chi connectivity index (χ2n) is 8.24. The van der Waals surface area contributed by atoms with Gasteiger partial charge in [-0.3, -0.25) is 14.8 Å². The zero-order chi connectivity index (χ0) is 26.9. The number of allylic oxidation sites excluding steroid dienone is 1. The first kappa shape index (κ1) is 25.5. The fourth-order valence-corrected chi connectivity index (χ4v) is 4.33. The van der Waals surface area contributed by atoms with Crippen LogP contribution < -0.4 is 15.9 Å². The Labute approximate surface area is 212 Å². The van der Waals surface area contributed by atoms with E-state index in [-0.39, 0.29) is 16.9 Å². The van der Waals surface area contributed by atoms with Crippen LogP contribution in [0.25, 0.3) is 6.08 Å². The number of nitrogens with two attached hydrogens (primary N) is 1. The molecule has 0 radical (unpaired) electrons. The molecule has 0 saturated heterocycles. The van der Waals surface area contributed by atoms with Crippen LogP contribution >= 0.6 is 0 Å². The lowest BCUT2D eigenvalue weighted by molar-refractivity contribution is 0.106. The van der Waals surface area contributed by atoms with Crippen LogP contribution in [-0.4, -0.2) is 36.7 Å². The number of carbonyl (C=O) groups excluding carboxylic acids is 1. The second kappa shape index (κ2) is 9.84. The molecule has 0 fully saturated rings. The van der Waals surface area contributed by atoms with Gasteiger partial charge < -0.3 is 15.6 Å². The van der Waals surface area contributed by atoms with Crippen molar-refractivity contribution in [1.29, 1.82) is 0 Å². The average molecular weight is 522 g/mol. The Kier molecular flexibility index (Phi) is 6.79. The van der Waals surface area contributed by atoms with Gasteiger partial charge in [-0.15, -0.1) is 0 Å². The van der Waals surface area contributed by atoms with Crippen molar-refractivity contribution in [3.63, 3.8) is 0 Å². The Morgan fingerprint density at radius 1 is 0.973 bits per heavy atom. The number of rotatable bonds is 6. The molecule has 0 bridgehead atoms. The monoisotopic (exact) mass is 521 g/mol. The smallest absolute Gasteiger partial charge is 0.296 e. The molecule has 0 aromatic heterocycles. The van der Waals surface area contributed by atoms with Gasteiger partial charge in [-0.25, -0.2) is 0 Å². The standard InChI is InChI=1S/C25H23N5O6S/c1-13-8-17(31)5-7-19(13)27-28-20-12-22(36-3)21(9-14(20)2)29-30-24-23(37(33,34)35)11-15-10-16(26)4-6-18(15)25(24)32/h4-12,29,31H,26H2,1-3H3,(H,33,34,35)/b28-27+,30-24-. The van der Waals surface area contributed by atoms with E-state index < -0.39 is 26.5 Å². The molecule has 0 aliphatic heterocycles. The fourth-order valence-electron chi connectivity index (χ4n) is 3.68. The van der Waals surface area contributed by atoms with Crippen molar-refractivity contribution in [2.24, 2.45) is 15.3 Å². The number of anilines is 2. The van der Waals surface area contributed by atoms with Gasteiger partial charge in [-0.1, -0.05) is 0 Å². The minimum absolute atomic E-state index is 0.127. The van der Waals surface area contributed by atoms with Crippen molar-refractivity contribution in [3.05, 3.63) is 75.7 Å². The van der Waals surface area contributed by atoms with E-state index in [2.05, 4.69) is 20.8 Å². The van der Waals surface area contributed by atoms with Crippen molar-refractivity contribution < 1.29 is 27.6 Å². The number of hydrazone groups is 1. The van der Waals surface area contributed by atoms with Gasteiger partial charge in [0.05, 0.1) is 24.2 Å². The maximum Gasteiger partial charge on any atom is 0.296 e. The lowest BCUT2D eigenvalue weighted by Gasteiger charge is -2.17. The first-order valence-electron chi connectivity index (χ1n) is 10.9. The van der Waals surface area contributed by atoms with Crippen molar-refractivity contribution in [3.8, 4) is 11.5 Å². The normalized spacial score (nSPS) is 14.5. The second-order valence-corrected chi connectivity index (χ2v) is 9.63. The van der Waals surface area contributed by atoms with E-state index in [1.165, 1.54) is 31.4 Å². The number of hydrogen-bond acceptors (Lipinski definition) is 10. The highest BCUT2D eigenvalue weighted by atomic mass is 32.2. The highest BCUT2D eigenvalue weighted by Gasteiger charge is 2.33. The third kappa shape index (κ3) is 5.34. The van der Waals surface area contributed by atoms with Crippen molar-refractivity contribution >= 4 is 50.4 Å². The number of phenols is 1. The lowest BCUT2D eigenvalue weighted by atomic mass is 9.94. The number of nitrogens with zero attached hydrogens (tertiary/aromatic N) is 3. The quantitative estimate of drug-likeness (QED) is 0.153. The maximum absolute atomic E-state index is 13.0. The minimum Gasteiger partial charge on any atom is -0.508 e. The summed E-state index contributed by atoms with van der Waals surface area (Å²) >= 11 is 0. The SMILES string of the molecule is COc1cc(/N=N/c2ccc(O)cc2C)c(C)cc1N/N=C1\C(=O)c2ccc(N)cc2C=C1S(=O)(=O)O. The predicted molar refractivity (Wildman–Crippen MR) is 141 cm³/mol. The summed E-state index contributed by atoms with van der Waals surface area (Å²) in [5.41, 5.74) is 11.5. The molecule has 0 atom stereocenters. The van der Waals surface area contributed by atoms with Crippen LogP contribution in [0, 0.1) is 13.8 Å². The summed E-state index contributed by atoms with van der Waals surface area (Å²) in [6, 6.07) is 12.4. The van der Waals surface area contributed by atoms with E-state index in [4.69, 9.17) is 10.5 Å². The number of benzene rings is 3. The van der Waals surface area contributed by atoms with Crippen LogP contribution in [0.4, 0.5) is 22.7 Å². The maximum atomic E-state index is 13.0. The van der Waals surface area contributed by atoms with Crippen LogP contribution in [-0.2, 0) is 10.1 Å². The van der Waals surface area contributed by atoms with E-state index in [1.807, 2.05) is 0 Å². The Hall–Kier alpha value is -4.55. The topological polar surface area (TPSA) is 176 Å². The number of methoxy groups -OCH3 is 1. The molecule has 1 aliphatic rings. The molecule has 3 aromatic carbocycles.